The van der Waals surface area contributed by atoms with Crippen LogP contribution < -0.4 is 4.72 Å². The Labute approximate surface area is 105 Å². The fraction of sp³-hybridized carbons (Fsp3) is 0.625. The summed E-state index contributed by atoms with van der Waals surface area (Å²) in [6.07, 6.45) is 0.315. The Morgan fingerprint density at radius 3 is 2.81 bits per heavy atom. The molecule has 1 unspecified atom stereocenters. The van der Waals surface area contributed by atoms with Crippen LogP contribution >= 0.6 is 30.9 Å². The van der Waals surface area contributed by atoms with Crippen LogP contribution in [0.2, 0.25) is 0 Å². The van der Waals surface area contributed by atoms with Gasteiger partial charge < -0.3 is 9.46 Å². The van der Waals surface area contributed by atoms with E-state index in [1.807, 2.05) is 6.92 Å². The van der Waals surface area contributed by atoms with Gasteiger partial charge in [0, 0.05) is 6.42 Å². The van der Waals surface area contributed by atoms with Gasteiger partial charge in [0.1, 0.15) is 0 Å². The van der Waals surface area contributed by atoms with Gasteiger partial charge in [-0.2, -0.15) is 0 Å². The third-order valence-corrected chi connectivity index (χ3v) is 6.91. The molecule has 0 bridgehead atoms. The van der Waals surface area contributed by atoms with Gasteiger partial charge in [-0.05, 0) is 24.6 Å². The standard InChI is InChI=1S/C8H14N2O3S3/c1-3-13-8(12)5-4-7(11)10-16-14-6(2)9-15-16/h16H,3-5H2,1-2H3,(H,10,11). The Morgan fingerprint density at radius 2 is 2.25 bits per heavy atom. The van der Waals surface area contributed by atoms with Crippen LogP contribution in [0.4, 0.5) is 0 Å². The zero-order chi connectivity index (χ0) is 12.0. The van der Waals surface area contributed by atoms with Gasteiger partial charge in [-0.25, -0.2) is 4.40 Å². The van der Waals surface area contributed by atoms with Crippen molar-refractivity contribution in [2.24, 2.45) is 4.40 Å². The van der Waals surface area contributed by atoms with Gasteiger partial charge in [0.05, 0.1) is 29.1 Å². The summed E-state index contributed by atoms with van der Waals surface area (Å²) in [6, 6.07) is 0. The molecule has 16 heavy (non-hydrogen) atoms. The van der Waals surface area contributed by atoms with Gasteiger partial charge in [0.25, 0.3) is 0 Å². The molecule has 0 fully saturated rings. The molecule has 1 amide bonds. The highest BCUT2D eigenvalue weighted by Gasteiger charge is 2.17. The van der Waals surface area contributed by atoms with E-state index < -0.39 is 9.15 Å². The predicted molar refractivity (Wildman–Crippen MR) is 71.3 cm³/mol. The fourth-order valence-corrected chi connectivity index (χ4v) is 6.32. The molecule has 1 aliphatic heterocycles. The number of ether oxygens (including phenoxy) is 1. The molecule has 0 saturated heterocycles. The third-order valence-electron chi connectivity index (χ3n) is 1.54. The topological polar surface area (TPSA) is 67.8 Å². The van der Waals surface area contributed by atoms with Crippen molar-refractivity contribution in [3.05, 3.63) is 0 Å². The summed E-state index contributed by atoms with van der Waals surface area (Å²) in [4.78, 5) is 22.4. The Hall–Kier alpha value is -0.340. The van der Waals surface area contributed by atoms with Gasteiger partial charge in [0.2, 0.25) is 5.91 Å². The fourth-order valence-electron chi connectivity index (χ4n) is 0.898. The molecule has 92 valence electrons. The highest BCUT2D eigenvalue weighted by atomic mass is 33.5. The molecule has 0 saturated carbocycles. The maximum atomic E-state index is 11.4. The predicted octanol–water partition coefficient (Wildman–Crippen LogP) is 2.01. The number of nitrogens with one attached hydrogen (secondary N) is 1. The molecule has 1 rings (SSSR count). The maximum Gasteiger partial charge on any atom is 0.306 e. The largest absolute Gasteiger partial charge is 0.466 e. The SMILES string of the molecule is CCOC(=O)CCC(=O)N[SH]1SN=C(C)S1. The van der Waals surface area contributed by atoms with Crippen molar-refractivity contribution in [3.63, 3.8) is 0 Å². The van der Waals surface area contributed by atoms with E-state index in [9.17, 15) is 9.59 Å². The molecule has 0 aromatic rings. The first-order valence-corrected chi connectivity index (χ1v) is 8.91. The van der Waals surface area contributed by atoms with Crippen LogP contribution in [-0.2, 0) is 14.3 Å². The number of rotatable bonds is 5. The quantitative estimate of drug-likeness (QED) is 0.349. The summed E-state index contributed by atoms with van der Waals surface area (Å²) in [5.41, 5.74) is 0. The zero-order valence-corrected chi connectivity index (χ0v) is 11.6. The molecular formula is C8H14N2O3S3. The van der Waals surface area contributed by atoms with E-state index >= 15 is 0 Å². The minimum absolute atomic E-state index is 0.121. The van der Waals surface area contributed by atoms with Crippen molar-refractivity contribution in [1.29, 1.82) is 0 Å². The Balaban J connectivity index is 2.14. The minimum atomic E-state index is -0.685. The average molecular weight is 282 g/mol. The van der Waals surface area contributed by atoms with Gasteiger partial charge in [-0.1, -0.05) is 9.15 Å². The van der Waals surface area contributed by atoms with Crippen LogP contribution in [0.1, 0.15) is 26.7 Å². The number of thiol groups is 1. The second kappa shape index (κ2) is 7.08. The molecule has 1 aliphatic rings. The third kappa shape index (κ3) is 5.13. The van der Waals surface area contributed by atoms with Crippen molar-refractivity contribution < 1.29 is 14.3 Å². The average Bonchev–Trinajstić information content (AvgIpc) is 2.61. The number of hydrogen-bond donors (Lipinski definition) is 2. The smallest absolute Gasteiger partial charge is 0.306 e. The molecular weight excluding hydrogens is 268 g/mol. The minimum Gasteiger partial charge on any atom is -0.466 e. The summed E-state index contributed by atoms with van der Waals surface area (Å²) >= 11 is 0. The Morgan fingerprint density at radius 1 is 1.50 bits per heavy atom. The molecule has 0 radical (unpaired) electrons. The summed E-state index contributed by atoms with van der Waals surface area (Å²) < 4.78 is 11.7. The lowest BCUT2D eigenvalue weighted by molar-refractivity contribution is -0.144. The van der Waals surface area contributed by atoms with E-state index in [4.69, 9.17) is 4.74 Å². The summed E-state index contributed by atoms with van der Waals surface area (Å²) in [7, 11) is 2.27. The van der Waals surface area contributed by atoms with Crippen LogP contribution in [0.25, 0.3) is 0 Å². The van der Waals surface area contributed by atoms with Crippen molar-refractivity contribution in [2.45, 2.75) is 26.7 Å². The molecule has 1 N–H and O–H groups in total. The second-order valence-electron chi connectivity index (χ2n) is 2.88. The second-order valence-corrected chi connectivity index (χ2v) is 8.66. The van der Waals surface area contributed by atoms with E-state index in [1.165, 1.54) is 11.0 Å². The molecule has 0 spiro atoms. The highest BCUT2D eigenvalue weighted by Crippen LogP contribution is 2.55. The molecule has 1 atom stereocenters. The monoisotopic (exact) mass is 282 g/mol. The molecule has 8 heteroatoms. The van der Waals surface area contributed by atoms with Gasteiger partial charge in [0.15, 0.2) is 0 Å². The summed E-state index contributed by atoms with van der Waals surface area (Å²) in [5, 5.41) is 0.974. The van der Waals surface area contributed by atoms with Crippen molar-refractivity contribution in [3.8, 4) is 0 Å². The Bertz CT molecular complexity index is 309. The van der Waals surface area contributed by atoms with E-state index in [-0.39, 0.29) is 24.7 Å². The lowest BCUT2D eigenvalue weighted by Crippen LogP contribution is -2.18. The van der Waals surface area contributed by atoms with Gasteiger partial charge >= 0.3 is 5.97 Å². The number of carbonyl (C=O) groups is 2. The number of esters is 1. The highest BCUT2D eigenvalue weighted by molar-refractivity contribution is 9.20. The van der Waals surface area contributed by atoms with Crippen LogP contribution in [-0.4, -0.2) is 23.5 Å². The van der Waals surface area contributed by atoms with Crippen LogP contribution in [0.15, 0.2) is 4.40 Å². The first-order chi connectivity index (χ1) is 7.61. The molecule has 1 heterocycles. The van der Waals surface area contributed by atoms with Crippen molar-refractivity contribution in [2.75, 3.05) is 6.61 Å². The van der Waals surface area contributed by atoms with E-state index in [2.05, 4.69) is 9.12 Å². The van der Waals surface area contributed by atoms with Crippen LogP contribution in [0.5, 0.6) is 0 Å². The normalized spacial score (nSPS) is 21.4. The van der Waals surface area contributed by atoms with Crippen LogP contribution in [0.3, 0.4) is 0 Å². The van der Waals surface area contributed by atoms with E-state index in [0.29, 0.717) is 6.61 Å². The van der Waals surface area contributed by atoms with Crippen molar-refractivity contribution >= 4 is 47.8 Å². The van der Waals surface area contributed by atoms with E-state index in [1.54, 1.807) is 17.7 Å². The molecule has 5 nitrogen and oxygen atoms in total. The lowest BCUT2D eigenvalue weighted by atomic mass is 10.3. The van der Waals surface area contributed by atoms with Gasteiger partial charge in [-0.15, -0.1) is 0 Å². The lowest BCUT2D eigenvalue weighted by Gasteiger charge is -2.12. The first-order valence-electron chi connectivity index (χ1n) is 4.76. The molecule has 0 aromatic carbocycles. The van der Waals surface area contributed by atoms with E-state index in [0.717, 1.165) is 5.04 Å². The van der Waals surface area contributed by atoms with Crippen LogP contribution in [0, 0.1) is 0 Å². The molecule has 0 aliphatic carbocycles. The number of hydrogen-bond acceptors (Lipinski definition) is 6. The van der Waals surface area contributed by atoms with Gasteiger partial charge in [-0.3, -0.25) is 9.59 Å². The van der Waals surface area contributed by atoms with Crippen molar-refractivity contribution in [1.82, 2.24) is 4.72 Å². The maximum absolute atomic E-state index is 11.4. The summed E-state index contributed by atoms with van der Waals surface area (Å²) in [6.45, 7) is 4.00. The Kier molecular flexibility index (Phi) is 6.07. The summed E-state index contributed by atoms with van der Waals surface area (Å²) in [5.74, 6) is -0.450. The number of amides is 1. The first kappa shape index (κ1) is 13.7. The zero-order valence-electron chi connectivity index (χ0n) is 9.06. The number of carbonyl (C=O) groups excluding carboxylic acids is 2. The number of nitrogens with zero attached hydrogens (tertiary/aromatic N) is 1. The molecule has 0 aromatic heterocycles.